The number of anilines is 2. The van der Waals surface area contributed by atoms with Crippen molar-refractivity contribution in [3.63, 3.8) is 0 Å². The molecule has 1 amide bonds. The summed E-state index contributed by atoms with van der Waals surface area (Å²) in [5, 5.41) is 23.8. The minimum Gasteiger partial charge on any atom is -0.497 e. The molecule has 1 aliphatic rings. The highest BCUT2D eigenvalue weighted by molar-refractivity contribution is 6.13. The van der Waals surface area contributed by atoms with E-state index in [1.807, 2.05) is 54.6 Å². The fourth-order valence-corrected chi connectivity index (χ4v) is 4.03. The molecule has 12 heteroatoms. The van der Waals surface area contributed by atoms with Crippen LogP contribution in [0.15, 0.2) is 112 Å². The number of hydrogen-bond acceptors (Lipinski definition) is 10. The minimum atomic E-state index is -0.903. The van der Waals surface area contributed by atoms with Crippen LogP contribution in [0.2, 0.25) is 0 Å². The molecule has 0 bridgehead atoms. The van der Waals surface area contributed by atoms with Crippen molar-refractivity contribution in [1.29, 1.82) is 0 Å². The number of methoxy groups -OCH3 is 2. The topological polar surface area (TPSA) is 143 Å². The fraction of sp³-hybridized carbons (Fsp3) is 0.103. The van der Waals surface area contributed by atoms with E-state index >= 15 is 0 Å². The van der Waals surface area contributed by atoms with Gasteiger partial charge in [0.25, 0.3) is 11.6 Å². The van der Waals surface area contributed by atoms with Gasteiger partial charge < -0.3 is 14.8 Å². The van der Waals surface area contributed by atoms with Gasteiger partial charge in [0.2, 0.25) is 0 Å². The average molecular weight is 552 g/mol. The number of amidine groups is 1. The maximum absolute atomic E-state index is 13.3. The summed E-state index contributed by atoms with van der Waals surface area (Å²) in [5.74, 6) is 1.30. The Kier molecular flexibility index (Phi) is 7.93. The van der Waals surface area contributed by atoms with Crippen LogP contribution in [0.4, 0.5) is 28.4 Å². The molecule has 0 saturated heterocycles. The average Bonchev–Trinajstić information content (AvgIpc) is 3.47. The second-order valence-corrected chi connectivity index (χ2v) is 8.73. The molecule has 1 heterocycles. The Balaban J connectivity index is 1.33. The Hall–Kier alpha value is -5.62. The van der Waals surface area contributed by atoms with Crippen molar-refractivity contribution in [1.82, 2.24) is 5.43 Å². The van der Waals surface area contributed by atoms with Crippen molar-refractivity contribution in [2.24, 2.45) is 15.2 Å². The smallest absolute Gasteiger partial charge is 0.269 e. The normalized spacial score (nSPS) is 14.5. The number of nitrogens with zero attached hydrogens (tertiary/aromatic N) is 5. The lowest BCUT2D eigenvalue weighted by Crippen LogP contribution is -2.45. The first kappa shape index (κ1) is 27.0. The summed E-state index contributed by atoms with van der Waals surface area (Å²) < 4.78 is 10.7. The van der Waals surface area contributed by atoms with Gasteiger partial charge in [-0.15, -0.1) is 5.11 Å². The molecule has 0 aliphatic carbocycles. The van der Waals surface area contributed by atoms with E-state index in [2.05, 4.69) is 26.0 Å². The first-order valence-corrected chi connectivity index (χ1v) is 12.4. The number of nitrogens with one attached hydrogen (secondary N) is 2. The van der Waals surface area contributed by atoms with Gasteiger partial charge in [-0.1, -0.05) is 30.3 Å². The molecule has 5 rings (SSSR count). The predicted octanol–water partition coefficient (Wildman–Crippen LogP) is 5.76. The summed E-state index contributed by atoms with van der Waals surface area (Å²) in [6, 6.07) is 27.6. The van der Waals surface area contributed by atoms with Gasteiger partial charge in [-0.2, -0.15) is 10.5 Å². The number of azo groups is 1. The zero-order valence-corrected chi connectivity index (χ0v) is 22.1. The van der Waals surface area contributed by atoms with Gasteiger partial charge in [-0.3, -0.25) is 19.9 Å². The van der Waals surface area contributed by atoms with Gasteiger partial charge in [0.1, 0.15) is 17.2 Å². The van der Waals surface area contributed by atoms with Crippen LogP contribution in [0.5, 0.6) is 11.5 Å². The largest absolute Gasteiger partial charge is 0.497 e. The van der Waals surface area contributed by atoms with Gasteiger partial charge in [-0.25, -0.2) is 4.99 Å². The zero-order valence-electron chi connectivity index (χ0n) is 22.1. The first-order chi connectivity index (χ1) is 19.9. The molecule has 4 aromatic carbocycles. The Morgan fingerprint density at radius 2 is 1.68 bits per heavy atom. The van der Waals surface area contributed by atoms with Crippen LogP contribution in [0.1, 0.15) is 5.56 Å². The maximum atomic E-state index is 13.3. The monoisotopic (exact) mass is 551 g/mol. The highest BCUT2D eigenvalue weighted by Gasteiger charge is 2.31. The van der Waals surface area contributed by atoms with Gasteiger partial charge in [-0.05, 0) is 48.5 Å². The Morgan fingerprint density at radius 3 is 2.34 bits per heavy atom. The molecule has 0 fully saturated rings. The van der Waals surface area contributed by atoms with Crippen molar-refractivity contribution in [2.75, 3.05) is 24.5 Å². The van der Waals surface area contributed by atoms with Gasteiger partial charge in [0.15, 0.2) is 12.0 Å². The van der Waals surface area contributed by atoms with E-state index in [1.54, 1.807) is 30.3 Å². The van der Waals surface area contributed by atoms with E-state index in [1.165, 1.54) is 31.4 Å². The molecule has 1 unspecified atom stereocenters. The lowest BCUT2D eigenvalue weighted by Gasteiger charge is -2.22. The molecule has 2 N–H and O–H groups in total. The lowest BCUT2D eigenvalue weighted by atomic mass is 10.2. The molecule has 4 aromatic rings. The number of non-ortho nitro benzene ring substituents is 1. The number of hydrazine groups is 1. The van der Waals surface area contributed by atoms with Gasteiger partial charge >= 0.3 is 0 Å². The predicted molar refractivity (Wildman–Crippen MR) is 154 cm³/mol. The molecule has 1 aliphatic heterocycles. The van der Waals surface area contributed by atoms with Crippen LogP contribution < -0.4 is 25.2 Å². The van der Waals surface area contributed by atoms with Crippen LogP contribution in [-0.4, -0.2) is 37.1 Å². The Labute approximate surface area is 235 Å². The molecule has 206 valence electrons. The number of carbonyl (C=O) groups is 1. The number of nitro benzene ring substituents is 1. The molecule has 0 aromatic heterocycles. The fourth-order valence-electron chi connectivity index (χ4n) is 4.03. The Morgan fingerprint density at radius 1 is 0.951 bits per heavy atom. The third-order valence-electron chi connectivity index (χ3n) is 6.11. The number of carbonyl (C=O) groups excluding carboxylic acids is 1. The molecule has 0 saturated carbocycles. The number of amides is 1. The summed E-state index contributed by atoms with van der Waals surface area (Å²) in [6.45, 7) is 0. The van der Waals surface area contributed by atoms with E-state index < -0.39 is 11.1 Å². The molecule has 12 nitrogen and oxygen atoms in total. The second kappa shape index (κ2) is 12.1. The first-order valence-electron chi connectivity index (χ1n) is 12.4. The molecule has 41 heavy (non-hydrogen) atoms. The van der Waals surface area contributed by atoms with Crippen molar-refractivity contribution in [3.05, 3.63) is 113 Å². The molecule has 1 atom stereocenters. The molecule has 0 spiro atoms. The van der Waals surface area contributed by atoms with Crippen LogP contribution in [0, 0.1) is 10.1 Å². The summed E-state index contributed by atoms with van der Waals surface area (Å²) >= 11 is 0. The van der Waals surface area contributed by atoms with Crippen LogP contribution >= 0.6 is 0 Å². The van der Waals surface area contributed by atoms with Gasteiger partial charge in [0, 0.05) is 29.4 Å². The number of ether oxygens (including phenoxy) is 2. The molecular formula is C29H25N7O5. The van der Waals surface area contributed by atoms with Crippen molar-refractivity contribution < 1.29 is 19.2 Å². The van der Waals surface area contributed by atoms with Crippen LogP contribution in [0.3, 0.4) is 0 Å². The number of aliphatic imine (C=N–C) groups is 1. The number of benzene rings is 4. The van der Waals surface area contributed by atoms with E-state index in [9.17, 15) is 14.9 Å². The van der Waals surface area contributed by atoms with Crippen molar-refractivity contribution in [2.45, 2.75) is 6.17 Å². The molecular weight excluding hydrogens is 526 g/mol. The summed E-state index contributed by atoms with van der Waals surface area (Å²) in [7, 11) is 3.08. The quantitative estimate of drug-likeness (QED) is 0.153. The molecule has 0 radical (unpaired) electrons. The second-order valence-electron chi connectivity index (χ2n) is 8.73. The third kappa shape index (κ3) is 6.18. The van der Waals surface area contributed by atoms with Crippen LogP contribution in [0.25, 0.3) is 0 Å². The van der Waals surface area contributed by atoms with E-state index in [4.69, 9.17) is 9.47 Å². The number of nitro groups is 1. The van der Waals surface area contributed by atoms with E-state index in [0.29, 0.717) is 34.4 Å². The minimum absolute atomic E-state index is 0.0364. The summed E-state index contributed by atoms with van der Waals surface area (Å²) in [5.41, 5.74) is 6.09. The standard InChI is InChI=1S/C29H25N7O5/c1-40-24-15-13-22(14-16-24)35-28(19-6-4-3-5-7-19)31-27(34-35)29(37)30-21-10-17-25(26(18-21)41-2)33-32-20-8-11-23(12-9-20)36(38)39/h3-18,27,34H,1-2H3,(H,30,37). The zero-order chi connectivity index (χ0) is 28.8. The third-order valence-corrected chi connectivity index (χ3v) is 6.11. The summed E-state index contributed by atoms with van der Waals surface area (Å²) in [6.07, 6.45) is -0.903. The summed E-state index contributed by atoms with van der Waals surface area (Å²) in [4.78, 5) is 28.3. The number of rotatable bonds is 9. The van der Waals surface area contributed by atoms with Crippen LogP contribution in [-0.2, 0) is 4.79 Å². The SMILES string of the molecule is COc1ccc(N2NC(C(=O)Nc3ccc(N=Nc4ccc([N+](=O)[O-])cc4)c(OC)c3)N=C2c2ccccc2)cc1. The van der Waals surface area contributed by atoms with Crippen molar-refractivity contribution in [3.8, 4) is 11.5 Å². The Bertz CT molecular complexity index is 1610. The number of hydrogen-bond donors (Lipinski definition) is 2. The lowest BCUT2D eigenvalue weighted by molar-refractivity contribution is -0.384. The maximum Gasteiger partial charge on any atom is 0.269 e. The van der Waals surface area contributed by atoms with Gasteiger partial charge in [0.05, 0.1) is 30.5 Å². The van der Waals surface area contributed by atoms with Crippen molar-refractivity contribution >= 4 is 40.2 Å². The van der Waals surface area contributed by atoms with E-state index in [-0.39, 0.29) is 11.6 Å². The van der Waals surface area contributed by atoms with E-state index in [0.717, 1.165) is 11.3 Å². The highest BCUT2D eigenvalue weighted by Crippen LogP contribution is 2.32. The highest BCUT2D eigenvalue weighted by atomic mass is 16.6.